The van der Waals surface area contributed by atoms with Crippen LogP contribution in [0.5, 0.6) is 11.5 Å². The van der Waals surface area contributed by atoms with Gasteiger partial charge in [0.1, 0.15) is 5.69 Å². The maximum atomic E-state index is 12.6. The Morgan fingerprint density at radius 2 is 1.78 bits per heavy atom. The predicted molar refractivity (Wildman–Crippen MR) is 106 cm³/mol. The average Bonchev–Trinajstić information content (AvgIpc) is 3.03. The summed E-state index contributed by atoms with van der Waals surface area (Å²) in [5.74, 6) is 0.854. The van der Waals surface area contributed by atoms with Crippen LogP contribution in [0.15, 0.2) is 36.4 Å². The van der Waals surface area contributed by atoms with Crippen molar-refractivity contribution >= 4 is 34.8 Å². The lowest BCUT2D eigenvalue weighted by atomic mass is 10.1. The third-order valence-corrected chi connectivity index (χ3v) is 4.76. The summed E-state index contributed by atoms with van der Waals surface area (Å²) in [5, 5.41) is 10.8. The zero-order valence-corrected chi connectivity index (χ0v) is 16.4. The molecule has 0 radical (unpaired) electrons. The van der Waals surface area contributed by atoms with Gasteiger partial charge in [0.15, 0.2) is 11.5 Å². The number of nitrogens with one attached hydrogen (secondary N) is 2. The average molecular weight is 406 g/mol. The quantitative estimate of drug-likeness (QED) is 0.628. The predicted octanol–water partition coefficient (Wildman–Crippen LogP) is 4.96. The molecule has 3 rings (SSSR count). The molecule has 0 aliphatic rings. The molecule has 0 atom stereocenters. The first kappa shape index (κ1) is 19.1. The van der Waals surface area contributed by atoms with Crippen LogP contribution in [0.4, 0.5) is 5.69 Å². The number of aromatic nitrogens is 2. The van der Waals surface area contributed by atoms with Crippen LogP contribution in [-0.4, -0.2) is 30.3 Å². The number of methoxy groups -OCH3 is 2. The van der Waals surface area contributed by atoms with Gasteiger partial charge < -0.3 is 14.8 Å². The molecule has 2 N–H and O–H groups in total. The summed E-state index contributed by atoms with van der Waals surface area (Å²) in [6.45, 7) is 1.82. The van der Waals surface area contributed by atoms with E-state index in [0.717, 1.165) is 5.56 Å². The lowest BCUT2D eigenvalue weighted by Gasteiger charge is -2.11. The Balaban J connectivity index is 1.95. The second kappa shape index (κ2) is 7.90. The molecule has 0 spiro atoms. The van der Waals surface area contributed by atoms with Crippen LogP contribution in [0.1, 0.15) is 16.1 Å². The number of ether oxygens (including phenoxy) is 2. The largest absolute Gasteiger partial charge is 0.493 e. The standard InChI is InChI=1S/C19H17Cl2N3O3/c1-10-17(22-19(25)12-4-6-13(20)14(21)8-12)18(24-23-10)11-5-7-15(26-2)16(9-11)27-3/h4-9H,1-3H3,(H,22,25)(H,23,24). The highest BCUT2D eigenvalue weighted by Gasteiger charge is 2.18. The normalized spacial score (nSPS) is 10.6. The summed E-state index contributed by atoms with van der Waals surface area (Å²) in [6.07, 6.45) is 0. The first-order valence-corrected chi connectivity index (χ1v) is 8.74. The van der Waals surface area contributed by atoms with Crippen LogP contribution < -0.4 is 14.8 Å². The molecule has 2 aromatic carbocycles. The lowest BCUT2D eigenvalue weighted by Crippen LogP contribution is -2.13. The second-order valence-corrected chi connectivity index (χ2v) is 6.54. The number of hydrogen-bond acceptors (Lipinski definition) is 4. The van der Waals surface area contributed by atoms with E-state index in [4.69, 9.17) is 32.7 Å². The number of halogens is 2. The van der Waals surface area contributed by atoms with Crippen molar-refractivity contribution in [2.45, 2.75) is 6.92 Å². The number of aryl methyl sites for hydroxylation is 1. The van der Waals surface area contributed by atoms with Crippen molar-refractivity contribution < 1.29 is 14.3 Å². The van der Waals surface area contributed by atoms with E-state index in [0.29, 0.717) is 44.2 Å². The molecular formula is C19H17Cl2N3O3. The number of carbonyl (C=O) groups is 1. The Morgan fingerprint density at radius 3 is 2.44 bits per heavy atom. The van der Waals surface area contributed by atoms with Crippen molar-refractivity contribution in [1.82, 2.24) is 10.2 Å². The molecule has 140 valence electrons. The third-order valence-electron chi connectivity index (χ3n) is 4.02. The number of rotatable bonds is 5. The minimum atomic E-state index is -0.320. The smallest absolute Gasteiger partial charge is 0.255 e. The Kier molecular flexibility index (Phi) is 5.58. The van der Waals surface area contributed by atoms with Gasteiger partial charge in [-0.1, -0.05) is 23.2 Å². The van der Waals surface area contributed by atoms with Crippen molar-refractivity contribution in [3.05, 3.63) is 57.7 Å². The summed E-state index contributed by atoms with van der Waals surface area (Å²) in [5.41, 5.74) is 3.03. The van der Waals surface area contributed by atoms with E-state index < -0.39 is 0 Å². The number of amides is 1. The number of carbonyl (C=O) groups excluding carboxylic acids is 1. The van der Waals surface area contributed by atoms with Gasteiger partial charge in [-0.2, -0.15) is 5.10 Å². The summed E-state index contributed by atoms with van der Waals surface area (Å²) < 4.78 is 10.6. The van der Waals surface area contributed by atoms with Crippen LogP contribution in [0, 0.1) is 6.92 Å². The zero-order chi connectivity index (χ0) is 19.6. The van der Waals surface area contributed by atoms with Gasteiger partial charge in [-0.25, -0.2) is 0 Å². The summed E-state index contributed by atoms with van der Waals surface area (Å²) in [7, 11) is 3.13. The van der Waals surface area contributed by atoms with E-state index in [1.807, 2.05) is 13.0 Å². The van der Waals surface area contributed by atoms with E-state index in [-0.39, 0.29) is 5.91 Å². The fraction of sp³-hybridized carbons (Fsp3) is 0.158. The molecular weight excluding hydrogens is 389 g/mol. The second-order valence-electron chi connectivity index (χ2n) is 5.72. The Bertz CT molecular complexity index is 1000. The van der Waals surface area contributed by atoms with E-state index in [1.54, 1.807) is 38.5 Å². The minimum Gasteiger partial charge on any atom is -0.493 e. The number of H-pyrrole nitrogens is 1. The molecule has 0 saturated carbocycles. The summed E-state index contributed by atoms with van der Waals surface area (Å²) in [6, 6.07) is 10.1. The van der Waals surface area contributed by atoms with Gasteiger partial charge in [0, 0.05) is 11.1 Å². The Labute approximate surface area is 166 Å². The number of anilines is 1. The topological polar surface area (TPSA) is 76.2 Å². The number of hydrogen-bond donors (Lipinski definition) is 2. The maximum Gasteiger partial charge on any atom is 0.255 e. The number of aromatic amines is 1. The van der Waals surface area contributed by atoms with Gasteiger partial charge in [0.2, 0.25) is 0 Å². The first-order valence-electron chi connectivity index (χ1n) is 7.98. The highest BCUT2D eigenvalue weighted by molar-refractivity contribution is 6.42. The zero-order valence-electron chi connectivity index (χ0n) is 14.9. The molecule has 1 aromatic heterocycles. The molecule has 0 fully saturated rings. The third kappa shape index (κ3) is 3.86. The van der Waals surface area contributed by atoms with Crippen LogP contribution in [0.3, 0.4) is 0 Å². The molecule has 3 aromatic rings. The van der Waals surface area contributed by atoms with Crippen LogP contribution in [-0.2, 0) is 0 Å². The summed E-state index contributed by atoms with van der Waals surface area (Å²) >= 11 is 11.9. The molecule has 6 nitrogen and oxygen atoms in total. The minimum absolute atomic E-state index is 0.313. The SMILES string of the molecule is COc1ccc(-c2n[nH]c(C)c2NC(=O)c2ccc(Cl)c(Cl)c2)cc1OC. The molecule has 0 aliphatic carbocycles. The van der Waals surface area contributed by atoms with Crippen molar-refractivity contribution in [3.8, 4) is 22.8 Å². The molecule has 0 unspecified atom stereocenters. The van der Waals surface area contributed by atoms with E-state index in [1.165, 1.54) is 6.07 Å². The van der Waals surface area contributed by atoms with Crippen LogP contribution in [0.2, 0.25) is 10.0 Å². The fourth-order valence-electron chi connectivity index (χ4n) is 2.60. The highest BCUT2D eigenvalue weighted by atomic mass is 35.5. The maximum absolute atomic E-state index is 12.6. The van der Waals surface area contributed by atoms with Gasteiger partial charge in [0.25, 0.3) is 5.91 Å². The summed E-state index contributed by atoms with van der Waals surface area (Å²) in [4.78, 5) is 12.6. The molecule has 0 bridgehead atoms. The van der Waals surface area contributed by atoms with Crippen molar-refractivity contribution in [2.24, 2.45) is 0 Å². The molecule has 0 aliphatic heterocycles. The van der Waals surface area contributed by atoms with E-state index in [9.17, 15) is 4.79 Å². The highest BCUT2D eigenvalue weighted by Crippen LogP contribution is 2.35. The van der Waals surface area contributed by atoms with Gasteiger partial charge in [0.05, 0.1) is 35.6 Å². The molecule has 0 saturated heterocycles. The van der Waals surface area contributed by atoms with Crippen LogP contribution in [0.25, 0.3) is 11.3 Å². The molecule has 1 amide bonds. The Morgan fingerprint density at radius 1 is 1.04 bits per heavy atom. The monoisotopic (exact) mass is 405 g/mol. The number of nitrogens with zero attached hydrogens (tertiary/aromatic N) is 1. The van der Waals surface area contributed by atoms with Gasteiger partial charge >= 0.3 is 0 Å². The molecule has 8 heteroatoms. The Hall–Kier alpha value is -2.70. The van der Waals surface area contributed by atoms with E-state index in [2.05, 4.69) is 15.5 Å². The molecule has 1 heterocycles. The van der Waals surface area contributed by atoms with Crippen LogP contribution >= 0.6 is 23.2 Å². The lowest BCUT2D eigenvalue weighted by molar-refractivity contribution is 0.102. The fourth-order valence-corrected chi connectivity index (χ4v) is 2.90. The van der Waals surface area contributed by atoms with Crippen molar-refractivity contribution in [3.63, 3.8) is 0 Å². The van der Waals surface area contributed by atoms with E-state index >= 15 is 0 Å². The van der Waals surface area contributed by atoms with Gasteiger partial charge in [-0.3, -0.25) is 9.89 Å². The first-order chi connectivity index (χ1) is 12.9. The molecule has 27 heavy (non-hydrogen) atoms. The van der Waals surface area contributed by atoms with Crippen molar-refractivity contribution in [1.29, 1.82) is 0 Å². The van der Waals surface area contributed by atoms with Gasteiger partial charge in [-0.05, 0) is 43.3 Å². The van der Waals surface area contributed by atoms with Crippen molar-refractivity contribution in [2.75, 3.05) is 19.5 Å². The van der Waals surface area contributed by atoms with Gasteiger partial charge in [-0.15, -0.1) is 0 Å². The number of benzene rings is 2.